The summed E-state index contributed by atoms with van der Waals surface area (Å²) in [6.07, 6.45) is 1.66. The molecule has 28 heavy (non-hydrogen) atoms. The average Bonchev–Trinajstić information content (AvgIpc) is 3.08. The molecule has 1 aliphatic heterocycles. The van der Waals surface area contributed by atoms with Crippen molar-refractivity contribution in [3.8, 4) is 0 Å². The summed E-state index contributed by atoms with van der Waals surface area (Å²) in [7, 11) is 0. The first kappa shape index (κ1) is 18.6. The molecule has 1 saturated heterocycles. The van der Waals surface area contributed by atoms with Gasteiger partial charge in [0.2, 0.25) is 5.95 Å². The molecule has 148 valence electrons. The Morgan fingerprint density at radius 1 is 0.893 bits per heavy atom. The first-order valence-corrected chi connectivity index (χ1v) is 9.50. The first-order valence-electron chi connectivity index (χ1n) is 9.50. The van der Waals surface area contributed by atoms with Crippen LogP contribution in [0.15, 0.2) is 30.5 Å². The zero-order chi connectivity index (χ0) is 19.5. The van der Waals surface area contributed by atoms with E-state index in [0.29, 0.717) is 23.4 Å². The van der Waals surface area contributed by atoms with E-state index in [-0.39, 0.29) is 12.6 Å². The zero-order valence-electron chi connectivity index (χ0n) is 15.8. The van der Waals surface area contributed by atoms with Gasteiger partial charge >= 0.3 is 0 Å². The molecule has 0 amide bonds. The molecule has 3 aromatic rings. The van der Waals surface area contributed by atoms with Gasteiger partial charge in [0, 0.05) is 39.3 Å². The fourth-order valence-electron chi connectivity index (χ4n) is 3.66. The molecule has 0 saturated carbocycles. The van der Waals surface area contributed by atoms with E-state index < -0.39 is 0 Å². The highest BCUT2D eigenvalue weighted by Gasteiger charge is 2.16. The van der Waals surface area contributed by atoms with Crippen LogP contribution in [-0.4, -0.2) is 74.0 Å². The van der Waals surface area contributed by atoms with Crippen LogP contribution >= 0.6 is 0 Å². The number of aliphatic hydroxyl groups excluding tert-OH is 1. The highest BCUT2D eigenvalue weighted by molar-refractivity contribution is 5.85. The van der Waals surface area contributed by atoms with Gasteiger partial charge in [0.25, 0.3) is 0 Å². The maximum atomic E-state index is 9.04. The quantitative estimate of drug-likeness (QED) is 0.551. The second-order valence-corrected chi connectivity index (χ2v) is 7.16. The third kappa shape index (κ3) is 4.06. The third-order valence-electron chi connectivity index (χ3n) is 5.18. The number of aromatic nitrogens is 4. The molecule has 9 heteroatoms. The molecule has 1 fully saturated rings. The molecule has 3 heterocycles. The molecule has 0 aliphatic carbocycles. The number of nitrogens with two attached hydrogens (primary N) is 2. The Kier molecular flexibility index (Phi) is 5.38. The Bertz CT molecular complexity index is 931. The van der Waals surface area contributed by atoms with Crippen molar-refractivity contribution in [1.29, 1.82) is 0 Å². The lowest BCUT2D eigenvalue weighted by molar-refractivity contribution is 0.108. The summed E-state index contributed by atoms with van der Waals surface area (Å²) in [5.41, 5.74) is 15.4. The van der Waals surface area contributed by atoms with Crippen LogP contribution in [0.25, 0.3) is 11.0 Å². The number of rotatable bonds is 6. The lowest BCUT2D eigenvalue weighted by atomic mass is 10.1. The molecular weight excluding hydrogens is 356 g/mol. The second kappa shape index (κ2) is 8.09. The van der Waals surface area contributed by atoms with Crippen molar-refractivity contribution in [1.82, 2.24) is 29.5 Å². The van der Waals surface area contributed by atoms with E-state index in [4.69, 9.17) is 16.6 Å². The van der Waals surface area contributed by atoms with Crippen molar-refractivity contribution in [2.75, 3.05) is 50.8 Å². The Hall–Kier alpha value is -2.75. The highest BCUT2D eigenvalue weighted by atomic mass is 16.3. The Morgan fingerprint density at radius 2 is 1.54 bits per heavy atom. The largest absolute Gasteiger partial charge is 0.395 e. The molecule has 1 aliphatic rings. The molecule has 9 nitrogen and oxygen atoms in total. The fraction of sp³-hybridized carbons (Fsp3) is 0.421. The predicted octanol–water partition coefficient (Wildman–Crippen LogP) is 0.149. The van der Waals surface area contributed by atoms with Crippen LogP contribution in [0.2, 0.25) is 0 Å². The minimum Gasteiger partial charge on any atom is -0.395 e. The molecule has 0 unspecified atom stereocenters. The van der Waals surface area contributed by atoms with Crippen LogP contribution in [-0.2, 0) is 13.1 Å². The highest BCUT2D eigenvalue weighted by Crippen LogP contribution is 2.19. The van der Waals surface area contributed by atoms with Crippen molar-refractivity contribution in [2.45, 2.75) is 13.1 Å². The minimum absolute atomic E-state index is 0.158. The molecule has 0 spiro atoms. The smallest absolute Gasteiger partial charge is 0.222 e. The number of anilines is 2. The van der Waals surface area contributed by atoms with Crippen molar-refractivity contribution in [2.24, 2.45) is 0 Å². The van der Waals surface area contributed by atoms with Gasteiger partial charge in [0.15, 0.2) is 5.82 Å². The summed E-state index contributed by atoms with van der Waals surface area (Å²) in [6.45, 7) is 6.63. The number of hydrogen-bond donors (Lipinski definition) is 3. The maximum absolute atomic E-state index is 9.04. The zero-order valence-corrected chi connectivity index (χ0v) is 15.8. The van der Waals surface area contributed by atoms with Crippen molar-refractivity contribution >= 4 is 22.8 Å². The summed E-state index contributed by atoms with van der Waals surface area (Å²) in [5.74, 6) is 0.503. The molecule has 2 aromatic heterocycles. The second-order valence-electron chi connectivity index (χ2n) is 7.16. The molecule has 0 atom stereocenters. The van der Waals surface area contributed by atoms with Gasteiger partial charge < -0.3 is 16.6 Å². The molecule has 4 rings (SSSR count). The van der Waals surface area contributed by atoms with Crippen LogP contribution in [0.3, 0.4) is 0 Å². The Balaban J connectivity index is 1.39. The van der Waals surface area contributed by atoms with E-state index in [2.05, 4.69) is 49.1 Å². The van der Waals surface area contributed by atoms with E-state index >= 15 is 0 Å². The Labute approximate surface area is 163 Å². The fourth-order valence-corrected chi connectivity index (χ4v) is 3.66. The number of β-amino-alcohol motifs (C(OH)–C–C–N with tert-alkyl or cyclic N) is 1. The van der Waals surface area contributed by atoms with Crippen molar-refractivity contribution in [3.63, 3.8) is 0 Å². The van der Waals surface area contributed by atoms with Gasteiger partial charge in [-0.2, -0.15) is 10.1 Å². The molecule has 0 bridgehead atoms. The number of hydrogen-bond acceptors (Lipinski definition) is 8. The average molecular weight is 382 g/mol. The summed E-state index contributed by atoms with van der Waals surface area (Å²) < 4.78 is 1.81. The van der Waals surface area contributed by atoms with Crippen LogP contribution in [0, 0.1) is 0 Å². The predicted molar refractivity (Wildman–Crippen MR) is 108 cm³/mol. The van der Waals surface area contributed by atoms with Crippen LogP contribution in [0.5, 0.6) is 0 Å². The van der Waals surface area contributed by atoms with Gasteiger partial charge in [-0.25, -0.2) is 4.98 Å². The number of benzene rings is 1. The normalized spacial score (nSPS) is 16.0. The van der Waals surface area contributed by atoms with Crippen LogP contribution in [0.4, 0.5) is 11.8 Å². The Morgan fingerprint density at radius 3 is 2.21 bits per heavy atom. The maximum Gasteiger partial charge on any atom is 0.222 e. The lowest BCUT2D eigenvalue weighted by Gasteiger charge is -2.34. The third-order valence-corrected chi connectivity index (χ3v) is 5.18. The molecule has 5 N–H and O–H groups in total. The van der Waals surface area contributed by atoms with Gasteiger partial charge in [-0.1, -0.05) is 24.3 Å². The minimum atomic E-state index is 0.158. The monoisotopic (exact) mass is 382 g/mol. The van der Waals surface area contributed by atoms with Gasteiger partial charge in [0.1, 0.15) is 11.0 Å². The van der Waals surface area contributed by atoms with Crippen LogP contribution in [0.1, 0.15) is 11.1 Å². The van der Waals surface area contributed by atoms with E-state index in [1.165, 1.54) is 5.56 Å². The van der Waals surface area contributed by atoms with Gasteiger partial charge in [-0.15, -0.1) is 0 Å². The molecule has 1 aromatic carbocycles. The van der Waals surface area contributed by atoms with E-state index in [0.717, 1.165) is 44.8 Å². The summed E-state index contributed by atoms with van der Waals surface area (Å²) in [6, 6.07) is 8.58. The standard InChI is InChI=1S/C19H26N8O/c20-18-17-16(23-19(21)24-18)11-22-27(17)13-15-3-1-14(2-4-15)12-26-7-5-25(6-8-26)9-10-28/h1-4,11,28H,5-10,12-13H2,(H4,20,21,23,24). The number of nitrogen functional groups attached to an aromatic ring is 2. The SMILES string of the molecule is Nc1nc(N)c2c(cnn2Cc2ccc(CN3CCN(CCO)CC3)cc2)n1. The van der Waals surface area contributed by atoms with Gasteiger partial charge in [0.05, 0.1) is 19.3 Å². The number of nitrogens with zero attached hydrogens (tertiary/aromatic N) is 6. The van der Waals surface area contributed by atoms with Crippen molar-refractivity contribution < 1.29 is 5.11 Å². The number of fused-ring (bicyclic) bond motifs is 1. The van der Waals surface area contributed by atoms with E-state index in [9.17, 15) is 0 Å². The number of aliphatic hydroxyl groups is 1. The van der Waals surface area contributed by atoms with E-state index in [1.54, 1.807) is 10.9 Å². The van der Waals surface area contributed by atoms with Gasteiger partial charge in [-0.05, 0) is 11.1 Å². The molecular formula is C19H26N8O. The van der Waals surface area contributed by atoms with E-state index in [1.807, 2.05) is 0 Å². The summed E-state index contributed by atoms with van der Waals surface area (Å²) >= 11 is 0. The first-order chi connectivity index (χ1) is 13.6. The number of piperazine rings is 1. The lowest BCUT2D eigenvalue weighted by Crippen LogP contribution is -2.46. The topological polar surface area (TPSA) is 122 Å². The summed E-state index contributed by atoms with van der Waals surface area (Å²) in [4.78, 5) is 13.0. The van der Waals surface area contributed by atoms with Crippen molar-refractivity contribution in [3.05, 3.63) is 41.6 Å². The molecule has 0 radical (unpaired) electrons. The summed E-state index contributed by atoms with van der Waals surface area (Å²) in [5, 5.41) is 13.4. The van der Waals surface area contributed by atoms with Crippen LogP contribution < -0.4 is 11.5 Å². The van der Waals surface area contributed by atoms with Gasteiger partial charge in [-0.3, -0.25) is 14.5 Å².